The standard InChI is InChI=1S/C21H23N/c1-14-4-7-16(8-5-14)21-18-10-11-22(3)13-20(18)17-9-6-15(2)12-19(17)21/h4-9,12,20H,10-11,13H2,1-3H3. The third kappa shape index (κ3) is 2.12. The first-order valence-corrected chi connectivity index (χ1v) is 8.23. The van der Waals surface area contributed by atoms with Crippen LogP contribution in [0.2, 0.25) is 0 Å². The lowest BCUT2D eigenvalue weighted by Crippen LogP contribution is -2.31. The Bertz CT molecular complexity index is 752. The highest BCUT2D eigenvalue weighted by atomic mass is 15.1. The van der Waals surface area contributed by atoms with Gasteiger partial charge in [-0.3, -0.25) is 0 Å². The van der Waals surface area contributed by atoms with Gasteiger partial charge in [-0.05, 0) is 49.6 Å². The van der Waals surface area contributed by atoms with E-state index in [-0.39, 0.29) is 0 Å². The number of hydrogen-bond donors (Lipinski definition) is 0. The highest BCUT2D eigenvalue weighted by Gasteiger charge is 2.34. The number of benzene rings is 2. The van der Waals surface area contributed by atoms with Crippen molar-refractivity contribution in [2.24, 2.45) is 0 Å². The van der Waals surface area contributed by atoms with Gasteiger partial charge in [0.1, 0.15) is 0 Å². The van der Waals surface area contributed by atoms with E-state index >= 15 is 0 Å². The molecule has 1 nitrogen and oxygen atoms in total. The molecule has 0 amide bonds. The van der Waals surface area contributed by atoms with Crippen molar-refractivity contribution >= 4 is 5.57 Å². The van der Waals surface area contributed by atoms with Crippen LogP contribution in [0.15, 0.2) is 48.0 Å². The minimum atomic E-state index is 0.589. The van der Waals surface area contributed by atoms with Crippen molar-refractivity contribution in [2.75, 3.05) is 20.1 Å². The summed E-state index contributed by atoms with van der Waals surface area (Å²) in [5, 5.41) is 0. The quantitative estimate of drug-likeness (QED) is 0.745. The maximum absolute atomic E-state index is 2.47. The fourth-order valence-corrected chi connectivity index (χ4v) is 4.01. The molecule has 4 rings (SSSR count). The number of fused-ring (bicyclic) bond motifs is 3. The van der Waals surface area contributed by atoms with Gasteiger partial charge in [0.15, 0.2) is 0 Å². The Balaban J connectivity index is 1.92. The van der Waals surface area contributed by atoms with Crippen LogP contribution in [0.1, 0.15) is 40.2 Å². The number of rotatable bonds is 1. The van der Waals surface area contributed by atoms with Gasteiger partial charge in [-0.2, -0.15) is 0 Å². The first-order valence-electron chi connectivity index (χ1n) is 8.23. The second-order valence-electron chi connectivity index (χ2n) is 6.92. The second kappa shape index (κ2) is 5.10. The molecule has 0 radical (unpaired) electrons. The van der Waals surface area contributed by atoms with Crippen LogP contribution in [0, 0.1) is 13.8 Å². The van der Waals surface area contributed by atoms with Crippen molar-refractivity contribution in [3.8, 4) is 0 Å². The van der Waals surface area contributed by atoms with Gasteiger partial charge in [-0.15, -0.1) is 0 Å². The van der Waals surface area contributed by atoms with Crippen molar-refractivity contribution in [3.05, 3.63) is 75.9 Å². The van der Waals surface area contributed by atoms with Gasteiger partial charge in [0.2, 0.25) is 0 Å². The van der Waals surface area contributed by atoms with E-state index in [1.54, 1.807) is 5.57 Å². The van der Waals surface area contributed by atoms with Crippen molar-refractivity contribution in [3.63, 3.8) is 0 Å². The van der Waals surface area contributed by atoms with E-state index in [0.717, 1.165) is 6.54 Å². The molecule has 1 heterocycles. The summed E-state index contributed by atoms with van der Waals surface area (Å²) in [5.74, 6) is 0.589. The van der Waals surface area contributed by atoms with Crippen LogP contribution in [0.5, 0.6) is 0 Å². The normalized spacial score (nSPS) is 21.0. The topological polar surface area (TPSA) is 3.24 Å². The molecule has 0 saturated carbocycles. The predicted molar refractivity (Wildman–Crippen MR) is 93.2 cm³/mol. The molecule has 112 valence electrons. The zero-order valence-electron chi connectivity index (χ0n) is 13.7. The predicted octanol–water partition coefficient (Wildman–Crippen LogP) is 4.54. The molecule has 22 heavy (non-hydrogen) atoms. The Labute approximate surface area is 133 Å². The van der Waals surface area contributed by atoms with Crippen molar-refractivity contribution < 1.29 is 0 Å². The molecule has 1 saturated heterocycles. The number of likely N-dealkylation sites (N-methyl/N-ethyl adjacent to an activating group) is 1. The number of hydrogen-bond acceptors (Lipinski definition) is 1. The Kier molecular flexibility index (Phi) is 3.19. The van der Waals surface area contributed by atoms with Crippen LogP contribution in [-0.4, -0.2) is 25.0 Å². The van der Waals surface area contributed by atoms with Gasteiger partial charge in [0.05, 0.1) is 0 Å². The highest BCUT2D eigenvalue weighted by Crippen LogP contribution is 2.48. The summed E-state index contributed by atoms with van der Waals surface area (Å²) in [6.07, 6.45) is 1.19. The number of piperidine rings is 1. The molecule has 1 fully saturated rings. The number of likely N-dealkylation sites (tertiary alicyclic amines) is 1. The van der Waals surface area contributed by atoms with E-state index in [0.29, 0.717) is 5.92 Å². The van der Waals surface area contributed by atoms with Crippen LogP contribution < -0.4 is 0 Å². The van der Waals surface area contributed by atoms with Gasteiger partial charge in [0.25, 0.3) is 0 Å². The molecule has 1 unspecified atom stereocenters. The fourth-order valence-electron chi connectivity index (χ4n) is 4.01. The van der Waals surface area contributed by atoms with Crippen molar-refractivity contribution in [1.29, 1.82) is 0 Å². The van der Waals surface area contributed by atoms with Gasteiger partial charge < -0.3 is 4.90 Å². The van der Waals surface area contributed by atoms with E-state index in [1.807, 2.05) is 0 Å². The maximum Gasteiger partial charge on any atom is 0.0192 e. The molecular formula is C21H23N. The van der Waals surface area contributed by atoms with Gasteiger partial charge >= 0.3 is 0 Å². The first kappa shape index (κ1) is 13.8. The number of aryl methyl sites for hydroxylation is 2. The number of nitrogens with zero attached hydrogens (tertiary/aromatic N) is 1. The molecular weight excluding hydrogens is 266 g/mol. The van der Waals surface area contributed by atoms with Gasteiger partial charge in [0, 0.05) is 19.0 Å². The third-order valence-corrected chi connectivity index (χ3v) is 5.19. The molecule has 0 N–H and O–H groups in total. The second-order valence-corrected chi connectivity index (χ2v) is 6.92. The maximum atomic E-state index is 2.47. The van der Waals surface area contributed by atoms with E-state index in [1.165, 1.54) is 46.4 Å². The summed E-state index contributed by atoms with van der Waals surface area (Å²) in [6.45, 7) is 6.69. The smallest absolute Gasteiger partial charge is 0.0192 e. The Morgan fingerprint density at radius 3 is 2.45 bits per heavy atom. The molecule has 0 bridgehead atoms. The van der Waals surface area contributed by atoms with Crippen LogP contribution >= 0.6 is 0 Å². The average molecular weight is 289 g/mol. The zero-order valence-corrected chi connectivity index (χ0v) is 13.7. The van der Waals surface area contributed by atoms with Crippen LogP contribution in [0.3, 0.4) is 0 Å². The monoisotopic (exact) mass is 289 g/mol. The summed E-state index contributed by atoms with van der Waals surface area (Å²) in [5.41, 5.74) is 10.2. The van der Waals surface area contributed by atoms with Crippen molar-refractivity contribution in [2.45, 2.75) is 26.2 Å². The molecule has 1 aliphatic carbocycles. The van der Waals surface area contributed by atoms with Crippen LogP contribution in [-0.2, 0) is 0 Å². The lowest BCUT2D eigenvalue weighted by Gasteiger charge is -2.30. The summed E-state index contributed by atoms with van der Waals surface area (Å²) < 4.78 is 0. The molecule has 1 atom stereocenters. The first-order chi connectivity index (χ1) is 10.6. The Morgan fingerprint density at radius 2 is 1.68 bits per heavy atom. The largest absolute Gasteiger partial charge is 0.305 e. The Morgan fingerprint density at radius 1 is 0.955 bits per heavy atom. The molecule has 1 aliphatic heterocycles. The summed E-state index contributed by atoms with van der Waals surface area (Å²) in [7, 11) is 2.24. The van der Waals surface area contributed by atoms with Crippen LogP contribution in [0.4, 0.5) is 0 Å². The Hall–Kier alpha value is -1.86. The van der Waals surface area contributed by atoms with E-state index < -0.39 is 0 Å². The lowest BCUT2D eigenvalue weighted by atomic mass is 9.89. The molecule has 2 aromatic rings. The minimum absolute atomic E-state index is 0.589. The molecule has 0 spiro atoms. The van der Waals surface area contributed by atoms with Gasteiger partial charge in [-0.1, -0.05) is 59.2 Å². The van der Waals surface area contributed by atoms with Crippen LogP contribution in [0.25, 0.3) is 5.57 Å². The SMILES string of the molecule is Cc1ccc(C2=C3CCN(C)CC3c3ccc(C)cc32)cc1. The van der Waals surface area contributed by atoms with Crippen molar-refractivity contribution in [1.82, 2.24) is 4.90 Å². The molecule has 2 aliphatic rings. The summed E-state index contributed by atoms with van der Waals surface area (Å²) >= 11 is 0. The van der Waals surface area contributed by atoms with Gasteiger partial charge in [-0.25, -0.2) is 0 Å². The fraction of sp³-hybridized carbons (Fsp3) is 0.333. The van der Waals surface area contributed by atoms with E-state index in [2.05, 4.69) is 68.3 Å². The van der Waals surface area contributed by atoms with E-state index in [9.17, 15) is 0 Å². The lowest BCUT2D eigenvalue weighted by molar-refractivity contribution is 0.294. The van der Waals surface area contributed by atoms with E-state index in [4.69, 9.17) is 0 Å². The highest BCUT2D eigenvalue weighted by molar-refractivity contribution is 5.89. The minimum Gasteiger partial charge on any atom is -0.305 e. The third-order valence-electron chi connectivity index (χ3n) is 5.19. The zero-order chi connectivity index (χ0) is 15.3. The summed E-state index contributed by atoms with van der Waals surface area (Å²) in [4.78, 5) is 2.47. The molecule has 2 aromatic carbocycles. The summed E-state index contributed by atoms with van der Waals surface area (Å²) in [6, 6.07) is 16.1. The molecule has 1 heteroatoms. The average Bonchev–Trinajstić information content (AvgIpc) is 2.81. The molecule has 0 aromatic heterocycles.